The molecule has 172 valence electrons. The molecular formula is C23H25N5O4S. The molecule has 2 aliphatic rings. The number of sulfonamides is 1. The third kappa shape index (κ3) is 4.81. The van der Waals surface area contributed by atoms with Crippen LogP contribution in [0, 0.1) is 5.92 Å². The second-order valence-corrected chi connectivity index (χ2v) is 10.5. The van der Waals surface area contributed by atoms with Gasteiger partial charge in [0.05, 0.1) is 4.90 Å². The summed E-state index contributed by atoms with van der Waals surface area (Å²) >= 11 is 0. The van der Waals surface area contributed by atoms with Gasteiger partial charge < -0.3 is 9.84 Å². The molecule has 5 rings (SSSR count). The van der Waals surface area contributed by atoms with Gasteiger partial charge in [-0.2, -0.15) is 9.29 Å². The van der Waals surface area contributed by atoms with Crippen molar-refractivity contribution < 1.29 is 17.7 Å². The zero-order valence-corrected chi connectivity index (χ0v) is 18.9. The molecule has 2 aromatic heterocycles. The van der Waals surface area contributed by atoms with E-state index in [1.54, 1.807) is 36.7 Å². The standard InChI is InChI=1S/C23H25N5O4S/c29-22(25-15-16-2-1-11-24-14-16)18-9-12-28(13-10-18)33(30,31)20-7-5-17(6-8-20)21-26-23(32-27-21)19-3-4-19/h1-2,5-8,11,14,18-19H,3-4,9-10,12-13,15H2,(H,25,29). The Morgan fingerprint density at radius 1 is 1.09 bits per heavy atom. The molecular weight excluding hydrogens is 442 g/mol. The van der Waals surface area contributed by atoms with Crippen molar-refractivity contribution in [3.63, 3.8) is 0 Å². The number of aromatic nitrogens is 3. The summed E-state index contributed by atoms with van der Waals surface area (Å²) in [6.45, 7) is 1.04. The van der Waals surface area contributed by atoms with E-state index >= 15 is 0 Å². The predicted molar refractivity (Wildman–Crippen MR) is 119 cm³/mol. The summed E-state index contributed by atoms with van der Waals surface area (Å²) in [6.07, 6.45) is 6.52. The van der Waals surface area contributed by atoms with Gasteiger partial charge in [0.2, 0.25) is 27.6 Å². The number of benzene rings is 1. The van der Waals surface area contributed by atoms with Crippen molar-refractivity contribution in [1.29, 1.82) is 0 Å². The molecule has 1 saturated heterocycles. The maximum atomic E-state index is 13.1. The van der Waals surface area contributed by atoms with Crippen LogP contribution in [0.4, 0.5) is 0 Å². The van der Waals surface area contributed by atoms with Crippen molar-refractivity contribution in [2.45, 2.75) is 43.0 Å². The molecule has 1 aromatic carbocycles. The van der Waals surface area contributed by atoms with Gasteiger partial charge in [0, 0.05) is 49.4 Å². The summed E-state index contributed by atoms with van der Waals surface area (Å²) in [7, 11) is -3.63. The van der Waals surface area contributed by atoms with Crippen LogP contribution in [0.3, 0.4) is 0 Å². The van der Waals surface area contributed by atoms with Gasteiger partial charge >= 0.3 is 0 Å². The van der Waals surface area contributed by atoms with Gasteiger partial charge in [-0.3, -0.25) is 9.78 Å². The summed E-state index contributed by atoms with van der Waals surface area (Å²) in [6, 6.07) is 10.3. The Kier molecular flexibility index (Phi) is 5.94. The number of amides is 1. The molecule has 1 N–H and O–H groups in total. The Balaban J connectivity index is 1.18. The lowest BCUT2D eigenvalue weighted by atomic mass is 9.97. The van der Waals surface area contributed by atoms with Crippen LogP contribution in [0.1, 0.15) is 43.1 Å². The van der Waals surface area contributed by atoms with Gasteiger partial charge in [0.1, 0.15) is 0 Å². The monoisotopic (exact) mass is 467 g/mol. The molecule has 0 spiro atoms. The molecule has 1 aliphatic heterocycles. The minimum Gasteiger partial charge on any atom is -0.352 e. The van der Waals surface area contributed by atoms with Crippen molar-refractivity contribution in [2.24, 2.45) is 5.92 Å². The van der Waals surface area contributed by atoms with Gasteiger partial charge in [-0.05, 0) is 61.6 Å². The number of carbonyl (C=O) groups excluding carboxylic acids is 1. The lowest BCUT2D eigenvalue weighted by molar-refractivity contribution is -0.126. The van der Waals surface area contributed by atoms with Gasteiger partial charge in [-0.25, -0.2) is 8.42 Å². The number of hydrogen-bond donors (Lipinski definition) is 1. The van der Waals surface area contributed by atoms with E-state index in [1.807, 2.05) is 12.1 Å². The Bertz CT molecular complexity index is 1220. The molecule has 9 nitrogen and oxygen atoms in total. The molecule has 3 aromatic rings. The molecule has 10 heteroatoms. The molecule has 33 heavy (non-hydrogen) atoms. The second kappa shape index (κ2) is 9.03. The van der Waals surface area contributed by atoms with Crippen molar-refractivity contribution in [3.05, 3.63) is 60.2 Å². The number of pyridine rings is 1. The lowest BCUT2D eigenvalue weighted by Crippen LogP contribution is -2.42. The summed E-state index contributed by atoms with van der Waals surface area (Å²) < 4.78 is 32.9. The van der Waals surface area contributed by atoms with Crippen molar-refractivity contribution in [2.75, 3.05) is 13.1 Å². The molecule has 1 amide bonds. The first kappa shape index (κ1) is 21.7. The molecule has 2 fully saturated rings. The van der Waals surface area contributed by atoms with Crippen molar-refractivity contribution in [1.82, 2.24) is 24.7 Å². The van der Waals surface area contributed by atoms with Gasteiger partial charge in [0.25, 0.3) is 0 Å². The van der Waals surface area contributed by atoms with E-state index in [0.29, 0.717) is 55.7 Å². The highest BCUT2D eigenvalue weighted by atomic mass is 32.2. The van der Waals surface area contributed by atoms with E-state index in [1.165, 1.54) is 4.31 Å². The highest BCUT2D eigenvalue weighted by molar-refractivity contribution is 7.89. The number of piperidine rings is 1. The Morgan fingerprint density at radius 3 is 2.52 bits per heavy atom. The van der Waals surface area contributed by atoms with Crippen LogP contribution < -0.4 is 5.32 Å². The highest BCUT2D eigenvalue weighted by Crippen LogP contribution is 2.39. The van der Waals surface area contributed by atoms with Crippen LogP contribution in [0.5, 0.6) is 0 Å². The third-order valence-corrected chi connectivity index (χ3v) is 8.05. The molecule has 0 unspecified atom stereocenters. The summed E-state index contributed by atoms with van der Waals surface area (Å²) in [4.78, 5) is 21.2. The summed E-state index contributed by atoms with van der Waals surface area (Å²) in [5.74, 6) is 1.24. The topological polar surface area (TPSA) is 118 Å². The van der Waals surface area contributed by atoms with E-state index in [9.17, 15) is 13.2 Å². The van der Waals surface area contributed by atoms with E-state index in [4.69, 9.17) is 4.52 Å². The number of carbonyl (C=O) groups is 1. The van der Waals surface area contributed by atoms with Crippen LogP contribution in [0.15, 0.2) is 58.2 Å². The van der Waals surface area contributed by atoms with Crippen LogP contribution in [0.25, 0.3) is 11.4 Å². The average molecular weight is 468 g/mol. The zero-order valence-electron chi connectivity index (χ0n) is 18.1. The number of rotatable bonds is 7. The van der Waals surface area contributed by atoms with Crippen LogP contribution in [-0.2, 0) is 21.4 Å². The van der Waals surface area contributed by atoms with Crippen LogP contribution >= 0.6 is 0 Å². The minimum absolute atomic E-state index is 0.0501. The van der Waals surface area contributed by atoms with E-state index < -0.39 is 10.0 Å². The minimum atomic E-state index is -3.63. The fourth-order valence-electron chi connectivity index (χ4n) is 3.97. The van der Waals surface area contributed by atoms with E-state index in [-0.39, 0.29) is 16.7 Å². The Hall–Kier alpha value is -3.11. The third-order valence-electron chi connectivity index (χ3n) is 6.13. The van der Waals surface area contributed by atoms with Crippen LogP contribution in [-0.4, -0.2) is 46.8 Å². The normalized spacial score (nSPS) is 17.7. The first-order valence-corrected chi connectivity index (χ1v) is 12.6. The fourth-order valence-corrected chi connectivity index (χ4v) is 5.44. The molecule has 0 atom stereocenters. The van der Waals surface area contributed by atoms with Gasteiger partial charge in [-0.1, -0.05) is 11.2 Å². The predicted octanol–water partition coefficient (Wildman–Crippen LogP) is 2.73. The number of hydrogen-bond acceptors (Lipinski definition) is 7. The Labute approximate surface area is 192 Å². The smallest absolute Gasteiger partial charge is 0.243 e. The first-order chi connectivity index (χ1) is 16.0. The molecule has 3 heterocycles. The number of nitrogens with one attached hydrogen (secondary N) is 1. The summed E-state index contributed by atoms with van der Waals surface area (Å²) in [5, 5.41) is 6.92. The SMILES string of the molecule is O=C(NCc1cccnc1)C1CCN(S(=O)(=O)c2ccc(-c3noc(C4CC4)n3)cc2)CC1. The maximum Gasteiger partial charge on any atom is 0.243 e. The Morgan fingerprint density at radius 2 is 1.85 bits per heavy atom. The molecule has 0 bridgehead atoms. The quantitative estimate of drug-likeness (QED) is 0.567. The molecule has 1 aliphatic carbocycles. The first-order valence-electron chi connectivity index (χ1n) is 11.1. The van der Waals surface area contributed by atoms with Gasteiger partial charge in [-0.15, -0.1) is 0 Å². The number of nitrogens with zero attached hydrogens (tertiary/aromatic N) is 4. The summed E-state index contributed by atoms with van der Waals surface area (Å²) in [5.41, 5.74) is 1.65. The molecule has 0 radical (unpaired) electrons. The van der Waals surface area contributed by atoms with Crippen LogP contribution in [0.2, 0.25) is 0 Å². The highest BCUT2D eigenvalue weighted by Gasteiger charge is 2.32. The van der Waals surface area contributed by atoms with E-state index in [0.717, 1.165) is 18.4 Å². The maximum absolute atomic E-state index is 13.1. The van der Waals surface area contributed by atoms with Crippen molar-refractivity contribution >= 4 is 15.9 Å². The molecule has 1 saturated carbocycles. The fraction of sp³-hybridized carbons (Fsp3) is 0.391. The zero-order chi connectivity index (χ0) is 22.8. The van der Waals surface area contributed by atoms with Gasteiger partial charge in [0.15, 0.2) is 0 Å². The lowest BCUT2D eigenvalue weighted by Gasteiger charge is -2.30. The van der Waals surface area contributed by atoms with Crippen molar-refractivity contribution in [3.8, 4) is 11.4 Å². The second-order valence-electron chi connectivity index (χ2n) is 8.51. The van der Waals surface area contributed by atoms with E-state index in [2.05, 4.69) is 20.4 Å². The average Bonchev–Trinajstić information content (AvgIpc) is 3.59. The largest absolute Gasteiger partial charge is 0.352 e.